The highest BCUT2D eigenvalue weighted by molar-refractivity contribution is 5.97. The number of carbonyl (C=O) groups excluding carboxylic acids is 1. The average Bonchev–Trinajstić information content (AvgIpc) is 2.91. The van der Waals surface area contributed by atoms with E-state index in [-0.39, 0.29) is 37.4 Å². The van der Waals surface area contributed by atoms with Gasteiger partial charge in [-0.05, 0) is 43.2 Å². The number of nitrogens with zero attached hydrogens (tertiary/aromatic N) is 5. The van der Waals surface area contributed by atoms with Crippen LogP contribution in [0.4, 0.5) is 4.39 Å². The van der Waals surface area contributed by atoms with E-state index in [4.69, 9.17) is 21.6 Å². The molecular formula is C25H29FN8O2. The summed E-state index contributed by atoms with van der Waals surface area (Å²) in [6.45, 7) is 1.18. The lowest BCUT2D eigenvalue weighted by Gasteiger charge is -2.31. The number of likely N-dealkylation sites (tertiary alicyclic amines) is 1. The maximum Gasteiger partial charge on any atom is 0.255 e. The number of pyridine rings is 2. The summed E-state index contributed by atoms with van der Waals surface area (Å²) in [6, 6.07) is 15.0. The molecule has 1 fully saturated rings. The number of nitrogens with two attached hydrogens (primary N) is 2. The van der Waals surface area contributed by atoms with Crippen molar-refractivity contribution in [3.8, 4) is 11.9 Å². The first-order valence-electron chi connectivity index (χ1n) is 11.1. The quantitative estimate of drug-likeness (QED) is 0.203. The summed E-state index contributed by atoms with van der Waals surface area (Å²) in [5, 5.41) is 12.3. The van der Waals surface area contributed by atoms with E-state index in [0.29, 0.717) is 35.8 Å². The van der Waals surface area contributed by atoms with Gasteiger partial charge in [0.15, 0.2) is 5.84 Å². The number of halogens is 1. The lowest BCUT2D eigenvalue weighted by atomic mass is 9.92. The molecule has 4 rings (SSSR count). The van der Waals surface area contributed by atoms with Crippen molar-refractivity contribution in [2.45, 2.75) is 25.4 Å². The minimum absolute atomic E-state index is 0. The van der Waals surface area contributed by atoms with Crippen LogP contribution >= 0.6 is 0 Å². The highest BCUT2D eigenvalue weighted by atomic mass is 19.1. The zero-order chi connectivity index (χ0) is 24.8. The molecular weight excluding hydrogens is 463 g/mol. The van der Waals surface area contributed by atoms with Gasteiger partial charge in [-0.2, -0.15) is 10.4 Å². The number of aromatic nitrogens is 2. The van der Waals surface area contributed by atoms with Crippen molar-refractivity contribution in [3.05, 3.63) is 88.6 Å². The molecule has 3 aromatic rings. The lowest BCUT2D eigenvalue weighted by Crippen LogP contribution is -2.38. The number of piperidine rings is 1. The van der Waals surface area contributed by atoms with Gasteiger partial charge in [-0.25, -0.2) is 9.37 Å². The Kier molecular flexibility index (Phi) is 8.48. The van der Waals surface area contributed by atoms with Crippen LogP contribution in [0.25, 0.3) is 0 Å². The van der Waals surface area contributed by atoms with Crippen molar-refractivity contribution >= 4 is 11.7 Å². The molecule has 1 amide bonds. The fraction of sp³-hybridized carbons (Fsp3) is 0.240. The van der Waals surface area contributed by atoms with Crippen LogP contribution in [0.15, 0.2) is 59.8 Å². The van der Waals surface area contributed by atoms with Gasteiger partial charge in [0, 0.05) is 44.0 Å². The molecule has 0 bridgehead atoms. The zero-order valence-corrected chi connectivity index (χ0v) is 19.6. The van der Waals surface area contributed by atoms with Crippen molar-refractivity contribution in [2.24, 2.45) is 16.7 Å². The standard InChI is InChI=1S/C25H24FN7O2.H3N.H2/c26-20-12-16(13-27)4-5-19(20)15-35-23-3-1-2-21(31-23)17-8-10-33(11-9-17)25(34)18-6-7-22(30-14-18)24(28)32-29;;/h1-7,12,14,17H,8-11,15,29H2,(H2,28,32);1H3;1H. The second-order valence-electron chi connectivity index (χ2n) is 8.12. The summed E-state index contributed by atoms with van der Waals surface area (Å²) in [7, 11) is 0. The van der Waals surface area contributed by atoms with Gasteiger partial charge in [0.2, 0.25) is 5.88 Å². The number of hydrogen-bond donors (Lipinski definition) is 3. The lowest BCUT2D eigenvalue weighted by molar-refractivity contribution is 0.0711. The maximum absolute atomic E-state index is 14.1. The van der Waals surface area contributed by atoms with Gasteiger partial charge in [0.1, 0.15) is 18.1 Å². The minimum Gasteiger partial charge on any atom is -0.473 e. The average molecular weight is 493 g/mol. The van der Waals surface area contributed by atoms with E-state index >= 15 is 0 Å². The Balaban J connectivity index is 0.00000241. The van der Waals surface area contributed by atoms with Crippen LogP contribution < -0.4 is 22.5 Å². The van der Waals surface area contributed by atoms with Crippen molar-refractivity contribution in [2.75, 3.05) is 13.1 Å². The van der Waals surface area contributed by atoms with E-state index in [1.807, 2.05) is 18.2 Å². The number of carbonyl (C=O) groups is 1. The smallest absolute Gasteiger partial charge is 0.255 e. The Hall–Kier alpha value is -4.56. The van der Waals surface area contributed by atoms with Crippen LogP contribution in [0, 0.1) is 17.1 Å². The number of nitriles is 1. The molecule has 1 aliphatic rings. The van der Waals surface area contributed by atoms with E-state index in [9.17, 15) is 9.18 Å². The first kappa shape index (κ1) is 26.1. The number of hydrazone groups is 1. The van der Waals surface area contributed by atoms with Crippen LogP contribution in [0.5, 0.6) is 5.88 Å². The summed E-state index contributed by atoms with van der Waals surface area (Å²) in [4.78, 5) is 23.4. The molecule has 188 valence electrons. The van der Waals surface area contributed by atoms with Gasteiger partial charge in [0.05, 0.1) is 17.2 Å². The van der Waals surface area contributed by atoms with E-state index < -0.39 is 5.82 Å². The number of ether oxygens (including phenoxy) is 1. The Bertz CT molecular complexity index is 1290. The van der Waals surface area contributed by atoms with E-state index in [1.54, 1.807) is 29.2 Å². The maximum atomic E-state index is 14.1. The highest BCUT2D eigenvalue weighted by Crippen LogP contribution is 2.28. The van der Waals surface area contributed by atoms with Gasteiger partial charge in [-0.15, -0.1) is 0 Å². The topological polar surface area (TPSA) is 179 Å². The van der Waals surface area contributed by atoms with Crippen molar-refractivity contribution in [3.63, 3.8) is 0 Å². The fourth-order valence-corrected chi connectivity index (χ4v) is 3.92. The largest absolute Gasteiger partial charge is 0.473 e. The number of amides is 1. The predicted octanol–water partition coefficient (Wildman–Crippen LogP) is 3.07. The molecule has 7 N–H and O–H groups in total. The van der Waals surface area contributed by atoms with Crippen molar-refractivity contribution < 1.29 is 15.3 Å². The molecule has 1 aliphatic heterocycles. The summed E-state index contributed by atoms with van der Waals surface area (Å²) >= 11 is 0. The Labute approximate surface area is 209 Å². The summed E-state index contributed by atoms with van der Waals surface area (Å²) < 4.78 is 19.8. The van der Waals surface area contributed by atoms with Crippen LogP contribution in [0.3, 0.4) is 0 Å². The van der Waals surface area contributed by atoms with Gasteiger partial charge < -0.3 is 27.4 Å². The molecule has 0 atom stereocenters. The third-order valence-electron chi connectivity index (χ3n) is 5.92. The number of amidine groups is 1. The molecule has 2 aromatic heterocycles. The fourth-order valence-electron chi connectivity index (χ4n) is 3.92. The first-order chi connectivity index (χ1) is 17.0. The van der Waals surface area contributed by atoms with Gasteiger partial charge >= 0.3 is 0 Å². The Morgan fingerprint density at radius 1 is 1.25 bits per heavy atom. The van der Waals surface area contributed by atoms with Crippen LogP contribution in [-0.2, 0) is 6.61 Å². The van der Waals surface area contributed by atoms with Crippen LogP contribution in [0.1, 0.15) is 53.1 Å². The first-order valence-corrected chi connectivity index (χ1v) is 11.1. The normalized spacial score (nSPS) is 14.0. The van der Waals surface area contributed by atoms with Gasteiger partial charge in [0.25, 0.3) is 5.91 Å². The molecule has 11 heteroatoms. The van der Waals surface area contributed by atoms with E-state index in [0.717, 1.165) is 18.5 Å². The molecule has 0 unspecified atom stereocenters. The van der Waals surface area contributed by atoms with Crippen molar-refractivity contribution in [1.82, 2.24) is 21.0 Å². The van der Waals surface area contributed by atoms with Crippen LogP contribution in [-0.4, -0.2) is 39.7 Å². The summed E-state index contributed by atoms with van der Waals surface area (Å²) in [6.07, 6.45) is 2.98. The van der Waals surface area contributed by atoms with Gasteiger partial charge in [-0.3, -0.25) is 9.78 Å². The number of hydrogen-bond acceptors (Lipinski definition) is 8. The van der Waals surface area contributed by atoms with E-state index in [1.165, 1.54) is 18.3 Å². The van der Waals surface area contributed by atoms with Gasteiger partial charge in [-0.1, -0.05) is 12.1 Å². The molecule has 36 heavy (non-hydrogen) atoms. The summed E-state index contributed by atoms with van der Waals surface area (Å²) in [5.41, 5.74) is 8.01. The second kappa shape index (κ2) is 11.7. The third kappa shape index (κ3) is 5.92. The number of rotatable bonds is 6. The SMILES string of the molecule is N.N#Cc1ccc(COc2cccc(C3CCN(C(=O)c4ccc(/C(N)=N/N)nc4)CC3)n2)c(F)c1.[HH]. The number of benzene rings is 1. The predicted molar refractivity (Wildman–Crippen MR) is 134 cm³/mol. The third-order valence-corrected chi connectivity index (χ3v) is 5.92. The molecule has 0 aliphatic carbocycles. The highest BCUT2D eigenvalue weighted by Gasteiger charge is 2.26. The van der Waals surface area contributed by atoms with Crippen LogP contribution in [0.2, 0.25) is 0 Å². The molecule has 3 heterocycles. The molecule has 1 saturated heterocycles. The monoisotopic (exact) mass is 492 g/mol. The second-order valence-corrected chi connectivity index (χ2v) is 8.12. The summed E-state index contributed by atoms with van der Waals surface area (Å²) in [5.74, 6) is 5.25. The minimum atomic E-state index is -0.488. The Morgan fingerprint density at radius 2 is 2.03 bits per heavy atom. The molecule has 1 aromatic carbocycles. The van der Waals surface area contributed by atoms with E-state index in [2.05, 4.69) is 15.1 Å². The zero-order valence-electron chi connectivity index (χ0n) is 19.6. The molecule has 10 nitrogen and oxygen atoms in total. The van der Waals surface area contributed by atoms with Crippen molar-refractivity contribution in [1.29, 1.82) is 5.26 Å². The Morgan fingerprint density at radius 3 is 2.67 bits per heavy atom. The molecule has 0 radical (unpaired) electrons. The molecule has 0 spiro atoms. The molecule has 0 saturated carbocycles.